The van der Waals surface area contributed by atoms with Crippen molar-refractivity contribution in [1.29, 1.82) is 0 Å². The number of benzene rings is 2. The SMILES string of the molecule is CCCCC(C(=O)NCC)c1ccc2nc(N)nc(C(=O)n3cc4ccccc4c3)c2c1. The molecule has 0 saturated heterocycles. The molecule has 7 nitrogen and oxygen atoms in total. The minimum absolute atomic E-state index is 0.0128. The van der Waals surface area contributed by atoms with Gasteiger partial charge in [0.05, 0.1) is 11.4 Å². The fourth-order valence-corrected chi connectivity index (χ4v) is 4.02. The Balaban J connectivity index is 1.81. The molecule has 0 aliphatic heterocycles. The Morgan fingerprint density at radius 3 is 2.44 bits per heavy atom. The highest BCUT2D eigenvalue weighted by molar-refractivity contribution is 6.07. The zero-order chi connectivity index (χ0) is 22.7. The van der Waals surface area contributed by atoms with Crippen molar-refractivity contribution in [1.82, 2.24) is 19.9 Å². The van der Waals surface area contributed by atoms with E-state index in [0.717, 1.165) is 35.6 Å². The van der Waals surface area contributed by atoms with E-state index in [-0.39, 0.29) is 29.4 Å². The van der Waals surface area contributed by atoms with E-state index in [4.69, 9.17) is 5.73 Å². The molecule has 0 fully saturated rings. The van der Waals surface area contributed by atoms with Crippen molar-refractivity contribution in [3.63, 3.8) is 0 Å². The molecule has 0 bridgehead atoms. The van der Waals surface area contributed by atoms with Crippen molar-refractivity contribution in [2.45, 2.75) is 39.0 Å². The highest BCUT2D eigenvalue weighted by atomic mass is 16.2. The van der Waals surface area contributed by atoms with Gasteiger partial charge in [-0.1, -0.05) is 50.1 Å². The summed E-state index contributed by atoms with van der Waals surface area (Å²) in [5.41, 5.74) is 7.56. The van der Waals surface area contributed by atoms with E-state index in [1.54, 1.807) is 12.4 Å². The lowest BCUT2D eigenvalue weighted by molar-refractivity contribution is -0.122. The monoisotopic (exact) mass is 429 g/mol. The molecule has 0 aliphatic rings. The maximum Gasteiger partial charge on any atom is 0.281 e. The molecular weight excluding hydrogens is 402 g/mol. The number of unbranched alkanes of at least 4 members (excludes halogenated alkanes) is 1. The topological polar surface area (TPSA) is 103 Å². The van der Waals surface area contributed by atoms with Crippen LogP contribution >= 0.6 is 0 Å². The van der Waals surface area contributed by atoms with Crippen molar-refractivity contribution in [3.8, 4) is 0 Å². The number of fused-ring (bicyclic) bond motifs is 2. The van der Waals surface area contributed by atoms with Crippen molar-refractivity contribution in [2.24, 2.45) is 0 Å². The minimum atomic E-state index is -0.297. The standard InChI is InChI=1S/C25H27N5O2/c1-3-5-10-19(23(31)27-4-2)16-11-12-21-20(13-16)22(29-25(26)28-21)24(32)30-14-17-8-6-7-9-18(17)15-30/h6-9,11-15,19H,3-5,10H2,1-2H3,(H,27,31)(H2,26,28,29). The molecule has 32 heavy (non-hydrogen) atoms. The van der Waals surface area contributed by atoms with E-state index in [9.17, 15) is 9.59 Å². The Morgan fingerprint density at radius 2 is 1.78 bits per heavy atom. The van der Waals surface area contributed by atoms with Gasteiger partial charge >= 0.3 is 0 Å². The van der Waals surface area contributed by atoms with Gasteiger partial charge in [0.1, 0.15) is 5.69 Å². The first-order chi connectivity index (χ1) is 15.5. The highest BCUT2D eigenvalue weighted by Gasteiger charge is 2.22. The van der Waals surface area contributed by atoms with E-state index < -0.39 is 0 Å². The summed E-state index contributed by atoms with van der Waals surface area (Å²) in [6, 6.07) is 13.3. The minimum Gasteiger partial charge on any atom is -0.368 e. The van der Waals surface area contributed by atoms with Crippen LogP contribution in [0, 0.1) is 0 Å². The smallest absolute Gasteiger partial charge is 0.281 e. The Hall–Kier alpha value is -3.74. The van der Waals surface area contributed by atoms with Gasteiger partial charge < -0.3 is 11.1 Å². The molecule has 0 spiro atoms. The van der Waals surface area contributed by atoms with Crippen molar-refractivity contribution >= 4 is 39.4 Å². The summed E-state index contributed by atoms with van der Waals surface area (Å²) in [7, 11) is 0. The number of hydrogen-bond acceptors (Lipinski definition) is 5. The second-order valence-electron chi connectivity index (χ2n) is 7.90. The number of nitrogens with zero attached hydrogens (tertiary/aromatic N) is 3. The Labute approximate surface area is 186 Å². The molecule has 0 saturated carbocycles. The number of nitrogens with one attached hydrogen (secondary N) is 1. The van der Waals surface area contributed by atoms with Gasteiger partial charge in [0, 0.05) is 24.3 Å². The molecule has 0 radical (unpaired) electrons. The quantitative estimate of drug-likeness (QED) is 0.457. The molecule has 1 atom stereocenters. The first-order valence-electron chi connectivity index (χ1n) is 11.0. The van der Waals surface area contributed by atoms with Gasteiger partial charge in [-0.15, -0.1) is 0 Å². The largest absolute Gasteiger partial charge is 0.368 e. The molecule has 2 heterocycles. The molecule has 3 N–H and O–H groups in total. The van der Waals surface area contributed by atoms with Crippen LogP contribution in [0.5, 0.6) is 0 Å². The van der Waals surface area contributed by atoms with E-state index in [1.165, 1.54) is 4.57 Å². The lowest BCUT2D eigenvalue weighted by Gasteiger charge is -2.17. The third-order valence-corrected chi connectivity index (χ3v) is 5.64. The zero-order valence-electron chi connectivity index (χ0n) is 18.3. The fourth-order valence-electron chi connectivity index (χ4n) is 4.02. The summed E-state index contributed by atoms with van der Waals surface area (Å²) >= 11 is 0. The third kappa shape index (κ3) is 4.19. The van der Waals surface area contributed by atoms with Crippen LogP contribution in [-0.2, 0) is 4.79 Å². The number of carbonyl (C=O) groups excluding carboxylic acids is 2. The van der Waals surface area contributed by atoms with Crippen LogP contribution in [-0.4, -0.2) is 32.9 Å². The average molecular weight is 430 g/mol. The van der Waals surface area contributed by atoms with Crippen molar-refractivity contribution in [2.75, 3.05) is 12.3 Å². The van der Waals surface area contributed by atoms with Crippen LogP contribution in [0.15, 0.2) is 54.9 Å². The maximum absolute atomic E-state index is 13.4. The normalized spacial score (nSPS) is 12.2. The molecule has 1 amide bonds. The van der Waals surface area contributed by atoms with Crippen LogP contribution in [0.3, 0.4) is 0 Å². The molecular formula is C25H27N5O2. The average Bonchev–Trinajstić information content (AvgIpc) is 3.23. The molecule has 0 aliphatic carbocycles. The van der Waals surface area contributed by atoms with E-state index in [2.05, 4.69) is 22.2 Å². The number of aromatic nitrogens is 3. The first kappa shape index (κ1) is 21.5. The predicted molar refractivity (Wildman–Crippen MR) is 127 cm³/mol. The molecule has 7 heteroatoms. The van der Waals surface area contributed by atoms with Gasteiger partial charge in [0.15, 0.2) is 0 Å². The van der Waals surface area contributed by atoms with Gasteiger partial charge in [0.2, 0.25) is 11.9 Å². The number of nitrogens with two attached hydrogens (primary N) is 1. The van der Waals surface area contributed by atoms with Gasteiger partial charge in [-0.2, -0.15) is 0 Å². The summed E-state index contributed by atoms with van der Waals surface area (Å²) in [6.45, 7) is 4.58. The van der Waals surface area contributed by atoms with Crippen LogP contribution in [0.25, 0.3) is 21.7 Å². The molecule has 2 aromatic heterocycles. The second kappa shape index (κ2) is 9.18. The molecule has 4 rings (SSSR count). The number of hydrogen-bond donors (Lipinski definition) is 2. The summed E-state index contributed by atoms with van der Waals surface area (Å²) in [6.07, 6.45) is 6.22. The van der Waals surface area contributed by atoms with Crippen LogP contribution in [0.4, 0.5) is 5.95 Å². The van der Waals surface area contributed by atoms with Crippen molar-refractivity contribution in [3.05, 3.63) is 66.1 Å². The van der Waals surface area contributed by atoms with E-state index in [1.807, 2.05) is 49.4 Å². The maximum atomic E-state index is 13.4. The van der Waals surface area contributed by atoms with E-state index in [0.29, 0.717) is 17.4 Å². The van der Waals surface area contributed by atoms with Crippen molar-refractivity contribution < 1.29 is 9.59 Å². The van der Waals surface area contributed by atoms with Gasteiger partial charge in [-0.05, 0) is 41.8 Å². The molecule has 164 valence electrons. The summed E-state index contributed by atoms with van der Waals surface area (Å²) in [4.78, 5) is 34.7. The number of rotatable bonds is 7. The number of amides is 1. The first-order valence-corrected chi connectivity index (χ1v) is 11.0. The number of nitrogen functional groups attached to an aromatic ring is 1. The lowest BCUT2D eigenvalue weighted by Crippen LogP contribution is -2.29. The van der Waals surface area contributed by atoms with Gasteiger partial charge in [-0.25, -0.2) is 9.97 Å². The Kier molecular flexibility index (Phi) is 6.16. The second-order valence-corrected chi connectivity index (χ2v) is 7.90. The molecule has 2 aromatic carbocycles. The third-order valence-electron chi connectivity index (χ3n) is 5.64. The molecule has 4 aromatic rings. The molecule has 1 unspecified atom stereocenters. The lowest BCUT2D eigenvalue weighted by atomic mass is 9.91. The van der Waals surface area contributed by atoms with E-state index >= 15 is 0 Å². The number of carbonyl (C=O) groups is 2. The van der Waals surface area contributed by atoms with Crippen LogP contribution < -0.4 is 11.1 Å². The summed E-state index contributed by atoms with van der Waals surface area (Å²) in [5.74, 6) is -0.563. The Morgan fingerprint density at radius 1 is 1.06 bits per heavy atom. The zero-order valence-corrected chi connectivity index (χ0v) is 18.3. The number of anilines is 1. The predicted octanol–water partition coefficient (Wildman–Crippen LogP) is 4.27. The highest BCUT2D eigenvalue weighted by Crippen LogP contribution is 2.28. The van der Waals surface area contributed by atoms with Crippen LogP contribution in [0.2, 0.25) is 0 Å². The number of likely N-dealkylation sites (N-methyl/N-ethyl adjacent to an activating group) is 1. The Bertz CT molecular complexity index is 1260. The fraction of sp³-hybridized carbons (Fsp3) is 0.280. The summed E-state index contributed by atoms with van der Waals surface area (Å²) in [5, 5.41) is 5.44. The van der Waals surface area contributed by atoms with Gasteiger partial charge in [-0.3, -0.25) is 14.2 Å². The summed E-state index contributed by atoms with van der Waals surface area (Å²) < 4.78 is 1.52. The van der Waals surface area contributed by atoms with Gasteiger partial charge in [0.25, 0.3) is 5.91 Å². The van der Waals surface area contributed by atoms with Crippen LogP contribution in [0.1, 0.15) is 55.1 Å².